The number of ketones is 2. The highest BCUT2D eigenvalue weighted by molar-refractivity contribution is 6.08. The molecule has 6 aromatic rings. The second kappa shape index (κ2) is 16.3. The van der Waals surface area contributed by atoms with Crippen LogP contribution in [0.25, 0.3) is 11.1 Å². The Morgan fingerprint density at radius 2 is 1.10 bits per heavy atom. The molecule has 6 heteroatoms. The molecule has 3 aliphatic rings. The normalized spacial score (nSPS) is 18.6. The van der Waals surface area contributed by atoms with Gasteiger partial charge in [0.15, 0.2) is 11.6 Å². The fourth-order valence-corrected chi connectivity index (χ4v) is 10.1. The minimum Gasteiger partial charge on any atom is -0.497 e. The van der Waals surface area contributed by atoms with Crippen LogP contribution in [-0.2, 0) is 9.59 Å². The van der Waals surface area contributed by atoms with Crippen LogP contribution in [0.4, 0.5) is 11.4 Å². The zero-order valence-corrected chi connectivity index (χ0v) is 36.5. The van der Waals surface area contributed by atoms with Gasteiger partial charge in [-0.2, -0.15) is 0 Å². The van der Waals surface area contributed by atoms with Gasteiger partial charge < -0.3 is 19.3 Å². The van der Waals surface area contributed by atoms with E-state index in [1.807, 2.05) is 60.7 Å². The van der Waals surface area contributed by atoms with Crippen molar-refractivity contribution in [2.24, 2.45) is 10.8 Å². The third kappa shape index (κ3) is 7.21. The fraction of sp³-hybridized carbons (Fsp3) is 0.250. The molecule has 2 atom stereocenters. The summed E-state index contributed by atoms with van der Waals surface area (Å²) in [6.07, 6.45) is 5.02. The Morgan fingerprint density at radius 1 is 0.581 bits per heavy atom. The quantitative estimate of drug-likeness (QED) is 0.130. The van der Waals surface area contributed by atoms with Crippen molar-refractivity contribution in [3.63, 3.8) is 0 Å². The van der Waals surface area contributed by atoms with Crippen LogP contribution in [0.1, 0.15) is 79.7 Å². The smallest absolute Gasteiger partial charge is 0.172 e. The van der Waals surface area contributed by atoms with Crippen LogP contribution < -0.4 is 19.3 Å². The molecule has 0 N–H and O–H groups in total. The van der Waals surface area contributed by atoms with Gasteiger partial charge in [0.05, 0.1) is 26.1 Å². The number of fused-ring (bicyclic) bond motifs is 3. The molecule has 9 rings (SSSR count). The predicted molar refractivity (Wildman–Crippen MR) is 250 cm³/mol. The second-order valence-electron chi connectivity index (χ2n) is 18.1. The van der Waals surface area contributed by atoms with Crippen LogP contribution in [0.3, 0.4) is 0 Å². The summed E-state index contributed by atoms with van der Waals surface area (Å²) in [6, 6.07) is 51.3. The van der Waals surface area contributed by atoms with Gasteiger partial charge >= 0.3 is 0 Å². The van der Waals surface area contributed by atoms with Crippen molar-refractivity contribution in [3.05, 3.63) is 203 Å². The Labute approximate surface area is 366 Å². The molecule has 0 radical (unpaired) electrons. The molecule has 312 valence electrons. The van der Waals surface area contributed by atoms with Crippen molar-refractivity contribution in [2.75, 3.05) is 37.1 Å². The third-order valence-corrected chi connectivity index (χ3v) is 13.7. The highest BCUT2D eigenvalue weighted by atomic mass is 16.5. The summed E-state index contributed by atoms with van der Waals surface area (Å²) >= 11 is 0. The van der Waals surface area contributed by atoms with E-state index in [1.165, 1.54) is 0 Å². The Balaban J connectivity index is 1.17. The van der Waals surface area contributed by atoms with Crippen LogP contribution in [0.5, 0.6) is 11.5 Å². The third-order valence-electron chi connectivity index (χ3n) is 13.7. The molecule has 2 unspecified atom stereocenters. The van der Waals surface area contributed by atoms with Crippen LogP contribution in [0.15, 0.2) is 175 Å². The monoisotopic (exact) mass is 818 g/mol. The molecule has 6 aromatic carbocycles. The molecule has 0 bridgehead atoms. The SMILES string of the molecule is COc1ccc(N2C=C(C(=O)C3c4ccccc4-c4c3cccc4C3CN(c4ccc(OC)cc4)C=C(C(=O)C(c4ccccc4)c4ccccc4)C3(C)C)C(C)(C)CC2)cc1. The van der Waals surface area contributed by atoms with Crippen molar-refractivity contribution >= 4 is 22.9 Å². The average molecular weight is 819 g/mol. The number of Topliss-reactive ketones (excluding diaryl/α,β-unsaturated/α-hetero) is 2. The van der Waals surface area contributed by atoms with Crippen molar-refractivity contribution in [3.8, 4) is 22.6 Å². The lowest BCUT2D eigenvalue weighted by Gasteiger charge is -2.45. The van der Waals surface area contributed by atoms with E-state index in [0.29, 0.717) is 6.54 Å². The van der Waals surface area contributed by atoms with E-state index in [4.69, 9.17) is 9.47 Å². The summed E-state index contributed by atoms with van der Waals surface area (Å²) < 4.78 is 11.0. The van der Waals surface area contributed by atoms with Gasteiger partial charge in [-0.25, -0.2) is 0 Å². The maximum Gasteiger partial charge on any atom is 0.172 e. The van der Waals surface area contributed by atoms with E-state index in [9.17, 15) is 0 Å². The van der Waals surface area contributed by atoms with E-state index >= 15 is 9.59 Å². The molecule has 6 nitrogen and oxygen atoms in total. The van der Waals surface area contributed by atoms with Gasteiger partial charge in [0, 0.05) is 59.3 Å². The predicted octanol–water partition coefficient (Wildman–Crippen LogP) is 12.1. The summed E-state index contributed by atoms with van der Waals surface area (Å²) in [5.74, 6) is 0.681. The van der Waals surface area contributed by atoms with Crippen molar-refractivity contribution < 1.29 is 19.1 Å². The molecule has 0 fully saturated rings. The zero-order valence-electron chi connectivity index (χ0n) is 36.5. The molecule has 0 aromatic heterocycles. The topological polar surface area (TPSA) is 59.1 Å². The molecular weight excluding hydrogens is 765 g/mol. The molecule has 0 spiro atoms. The van der Waals surface area contributed by atoms with E-state index in [-0.39, 0.29) is 22.9 Å². The Bertz CT molecular complexity index is 2640. The highest BCUT2D eigenvalue weighted by Gasteiger charge is 2.47. The lowest BCUT2D eigenvalue weighted by atomic mass is 9.64. The summed E-state index contributed by atoms with van der Waals surface area (Å²) in [7, 11) is 3.35. The molecule has 2 heterocycles. The number of carbonyl (C=O) groups excluding carboxylic acids is 2. The molecule has 0 saturated carbocycles. The number of ether oxygens (including phenoxy) is 2. The molecule has 0 saturated heterocycles. The van der Waals surface area contributed by atoms with Gasteiger partial charge in [-0.05, 0) is 99.3 Å². The van der Waals surface area contributed by atoms with Crippen LogP contribution in [0.2, 0.25) is 0 Å². The van der Waals surface area contributed by atoms with E-state index in [2.05, 4.69) is 141 Å². The average Bonchev–Trinajstić information content (AvgIpc) is 3.64. The minimum atomic E-state index is -0.610. The van der Waals surface area contributed by atoms with Crippen molar-refractivity contribution in [1.82, 2.24) is 0 Å². The number of anilines is 2. The summed E-state index contributed by atoms with van der Waals surface area (Å²) in [5.41, 5.74) is 9.94. The standard InChI is InChI=1S/C56H54N2O4/c1-55(2)32-33-57(39-24-28-41(61-5)29-25-39)35-48(55)53(59)52-44-21-14-13-20-43(44)51-45(22-15-23-46(51)52)47-34-58(40-26-30-42(62-6)31-27-40)36-49(56(47,3)4)54(60)50(37-16-9-7-10-17-37)38-18-11-8-12-19-38/h7-31,35-36,47,50,52H,32-34H2,1-6H3. The van der Waals surface area contributed by atoms with Gasteiger partial charge in [0.1, 0.15) is 11.5 Å². The lowest BCUT2D eigenvalue weighted by molar-refractivity contribution is -0.118. The first kappa shape index (κ1) is 40.7. The second-order valence-corrected chi connectivity index (χ2v) is 18.1. The molecule has 0 amide bonds. The van der Waals surface area contributed by atoms with Gasteiger partial charge in [0.25, 0.3) is 0 Å². The van der Waals surface area contributed by atoms with Crippen LogP contribution in [0, 0.1) is 10.8 Å². The number of carbonyl (C=O) groups is 2. The molecule has 1 aliphatic carbocycles. The van der Waals surface area contributed by atoms with E-state index in [1.54, 1.807) is 14.2 Å². The Hall–Kier alpha value is -6.66. The summed E-state index contributed by atoms with van der Waals surface area (Å²) in [5, 5.41) is 0. The summed E-state index contributed by atoms with van der Waals surface area (Å²) in [6.45, 7) is 10.3. The maximum absolute atomic E-state index is 15.6. The van der Waals surface area contributed by atoms with Gasteiger partial charge in [0.2, 0.25) is 0 Å². The first-order valence-electron chi connectivity index (χ1n) is 21.7. The lowest BCUT2D eigenvalue weighted by Crippen LogP contribution is -2.43. The first-order chi connectivity index (χ1) is 30.0. The Kier molecular flexibility index (Phi) is 10.7. The number of methoxy groups -OCH3 is 2. The largest absolute Gasteiger partial charge is 0.497 e. The maximum atomic E-state index is 15.6. The number of nitrogens with zero attached hydrogens (tertiary/aromatic N) is 2. The van der Waals surface area contributed by atoms with Gasteiger partial charge in [-0.15, -0.1) is 0 Å². The van der Waals surface area contributed by atoms with Crippen LogP contribution in [-0.4, -0.2) is 38.9 Å². The number of allylic oxidation sites excluding steroid dienone is 2. The number of benzene rings is 6. The number of hydrogen-bond acceptors (Lipinski definition) is 6. The highest BCUT2D eigenvalue weighted by Crippen LogP contribution is 2.56. The minimum absolute atomic E-state index is 0.0736. The van der Waals surface area contributed by atoms with Gasteiger partial charge in [-0.3, -0.25) is 9.59 Å². The van der Waals surface area contributed by atoms with Crippen molar-refractivity contribution in [2.45, 2.75) is 51.9 Å². The summed E-state index contributed by atoms with van der Waals surface area (Å²) in [4.78, 5) is 35.4. The van der Waals surface area contributed by atoms with Gasteiger partial charge in [-0.1, -0.05) is 131 Å². The van der Waals surface area contributed by atoms with E-state index < -0.39 is 17.3 Å². The number of rotatable bonds is 11. The molecule has 2 aliphatic heterocycles. The van der Waals surface area contributed by atoms with Crippen molar-refractivity contribution in [1.29, 1.82) is 0 Å². The molecular formula is C56H54N2O4. The van der Waals surface area contributed by atoms with Crippen LogP contribution >= 0.6 is 0 Å². The Morgan fingerprint density at radius 3 is 1.69 bits per heavy atom. The fourth-order valence-electron chi connectivity index (χ4n) is 10.1. The zero-order chi connectivity index (χ0) is 43.2. The first-order valence-corrected chi connectivity index (χ1v) is 21.7. The molecule has 62 heavy (non-hydrogen) atoms. The van der Waals surface area contributed by atoms with E-state index in [0.717, 1.165) is 85.9 Å². The number of hydrogen-bond donors (Lipinski definition) is 0.